The number of rotatable bonds is 8. The topological polar surface area (TPSA) is 110 Å². The second-order valence-electron chi connectivity index (χ2n) is 7.87. The van der Waals surface area contributed by atoms with Crippen molar-refractivity contribution in [2.45, 2.75) is 51.6 Å². The summed E-state index contributed by atoms with van der Waals surface area (Å²) in [5, 5.41) is 14.1. The van der Waals surface area contributed by atoms with E-state index in [4.69, 9.17) is 0 Å². The van der Waals surface area contributed by atoms with Crippen LogP contribution in [0, 0.1) is 10.1 Å². The standard InChI is InChI=1S/C22H27N3O5S/c1-4-21(24(31(3,29)30)19-9-6-10-20(14-19)25(27)28)22(26)23-15(2)17-12-11-16-7-5-8-18(16)13-17/h6,9-15,21H,4-5,7-8H2,1-3H3,(H,23,26)/t15-,21-/m1/s1. The lowest BCUT2D eigenvalue weighted by Gasteiger charge is -2.31. The van der Waals surface area contributed by atoms with Gasteiger partial charge in [0.15, 0.2) is 0 Å². The van der Waals surface area contributed by atoms with Crippen molar-refractivity contribution in [1.82, 2.24) is 5.32 Å². The molecule has 1 aliphatic rings. The minimum atomic E-state index is -3.88. The molecule has 0 spiro atoms. The summed E-state index contributed by atoms with van der Waals surface area (Å²) in [6.45, 7) is 3.57. The number of fused-ring (bicyclic) bond motifs is 1. The Kier molecular flexibility index (Phi) is 6.64. The molecule has 0 aliphatic heterocycles. The van der Waals surface area contributed by atoms with E-state index in [1.54, 1.807) is 6.92 Å². The van der Waals surface area contributed by atoms with Crippen molar-refractivity contribution in [3.63, 3.8) is 0 Å². The molecule has 0 fully saturated rings. The van der Waals surface area contributed by atoms with E-state index in [1.165, 1.54) is 35.4 Å². The molecule has 8 nitrogen and oxygen atoms in total. The Bertz CT molecular complexity index is 1100. The Hall–Kier alpha value is -2.94. The first kappa shape index (κ1) is 22.7. The van der Waals surface area contributed by atoms with Gasteiger partial charge in [-0.25, -0.2) is 8.42 Å². The number of sulfonamides is 1. The highest BCUT2D eigenvalue weighted by molar-refractivity contribution is 7.92. The summed E-state index contributed by atoms with van der Waals surface area (Å²) in [7, 11) is -3.88. The number of non-ortho nitro benzene ring substituents is 1. The predicted molar refractivity (Wildman–Crippen MR) is 120 cm³/mol. The van der Waals surface area contributed by atoms with Gasteiger partial charge >= 0.3 is 0 Å². The number of nitrogens with one attached hydrogen (secondary N) is 1. The summed E-state index contributed by atoms with van der Waals surface area (Å²) < 4.78 is 26.1. The second-order valence-corrected chi connectivity index (χ2v) is 9.73. The van der Waals surface area contributed by atoms with Gasteiger partial charge in [-0.2, -0.15) is 0 Å². The Morgan fingerprint density at radius 2 is 1.90 bits per heavy atom. The van der Waals surface area contributed by atoms with Crippen LogP contribution in [0.25, 0.3) is 0 Å². The van der Waals surface area contributed by atoms with Crippen molar-refractivity contribution in [2.24, 2.45) is 0 Å². The fourth-order valence-electron chi connectivity index (χ4n) is 4.06. The Morgan fingerprint density at radius 3 is 2.55 bits per heavy atom. The van der Waals surface area contributed by atoms with Gasteiger partial charge in [-0.1, -0.05) is 31.2 Å². The first-order valence-corrected chi connectivity index (χ1v) is 12.1. The average Bonchev–Trinajstić information content (AvgIpc) is 3.18. The van der Waals surface area contributed by atoms with Crippen molar-refractivity contribution in [2.75, 3.05) is 10.6 Å². The molecule has 1 aliphatic carbocycles. The molecule has 9 heteroatoms. The third-order valence-electron chi connectivity index (χ3n) is 5.61. The lowest BCUT2D eigenvalue weighted by molar-refractivity contribution is -0.384. The molecule has 166 valence electrons. The van der Waals surface area contributed by atoms with E-state index >= 15 is 0 Å². The molecule has 0 saturated heterocycles. The van der Waals surface area contributed by atoms with Crippen LogP contribution in [-0.2, 0) is 27.7 Å². The highest BCUT2D eigenvalue weighted by atomic mass is 32.2. The van der Waals surface area contributed by atoms with E-state index in [-0.39, 0.29) is 23.8 Å². The zero-order chi connectivity index (χ0) is 22.8. The summed E-state index contributed by atoms with van der Waals surface area (Å²) in [6, 6.07) is 10.1. The first-order chi connectivity index (χ1) is 14.6. The largest absolute Gasteiger partial charge is 0.348 e. The molecule has 0 unspecified atom stereocenters. The van der Waals surface area contributed by atoms with Crippen LogP contribution in [0.2, 0.25) is 0 Å². The number of benzene rings is 2. The average molecular weight is 446 g/mol. The third-order valence-corrected chi connectivity index (χ3v) is 6.79. The van der Waals surface area contributed by atoms with Crippen LogP contribution < -0.4 is 9.62 Å². The van der Waals surface area contributed by atoms with E-state index in [1.807, 2.05) is 13.0 Å². The van der Waals surface area contributed by atoms with Gasteiger partial charge in [0.05, 0.1) is 22.9 Å². The van der Waals surface area contributed by atoms with Gasteiger partial charge < -0.3 is 5.32 Å². The van der Waals surface area contributed by atoms with E-state index in [2.05, 4.69) is 17.4 Å². The molecule has 31 heavy (non-hydrogen) atoms. The van der Waals surface area contributed by atoms with E-state index < -0.39 is 26.9 Å². The molecular weight excluding hydrogens is 418 g/mol. The van der Waals surface area contributed by atoms with Crippen molar-refractivity contribution >= 4 is 27.3 Å². The fraction of sp³-hybridized carbons (Fsp3) is 0.409. The number of carbonyl (C=O) groups excluding carboxylic acids is 1. The fourth-order valence-corrected chi connectivity index (χ4v) is 5.26. The van der Waals surface area contributed by atoms with Crippen molar-refractivity contribution < 1.29 is 18.1 Å². The highest BCUT2D eigenvalue weighted by Gasteiger charge is 2.33. The van der Waals surface area contributed by atoms with Gasteiger partial charge in [-0.15, -0.1) is 0 Å². The summed E-state index contributed by atoms with van der Waals surface area (Å²) in [4.78, 5) is 23.7. The zero-order valence-corrected chi connectivity index (χ0v) is 18.7. The molecule has 2 atom stereocenters. The van der Waals surface area contributed by atoms with Crippen LogP contribution >= 0.6 is 0 Å². The predicted octanol–water partition coefficient (Wildman–Crippen LogP) is 3.51. The number of nitrogens with zero attached hydrogens (tertiary/aromatic N) is 2. The van der Waals surface area contributed by atoms with Gasteiger partial charge in [-0.3, -0.25) is 19.2 Å². The van der Waals surface area contributed by atoms with Crippen LogP contribution in [0.1, 0.15) is 49.4 Å². The summed E-state index contributed by atoms with van der Waals surface area (Å²) in [6.07, 6.45) is 4.42. The maximum absolute atomic E-state index is 13.1. The highest BCUT2D eigenvalue weighted by Crippen LogP contribution is 2.28. The van der Waals surface area contributed by atoms with Crippen LogP contribution in [0.4, 0.5) is 11.4 Å². The Balaban J connectivity index is 1.87. The Labute approximate surface area is 182 Å². The molecule has 0 heterocycles. The number of amides is 1. The van der Waals surface area contributed by atoms with E-state index in [0.717, 1.165) is 35.4 Å². The van der Waals surface area contributed by atoms with Crippen molar-refractivity contribution in [1.29, 1.82) is 0 Å². The maximum atomic E-state index is 13.1. The summed E-state index contributed by atoms with van der Waals surface area (Å²) >= 11 is 0. The molecular formula is C22H27N3O5S. The number of hydrogen-bond donors (Lipinski definition) is 1. The monoisotopic (exact) mass is 445 g/mol. The van der Waals surface area contributed by atoms with E-state index in [0.29, 0.717) is 0 Å². The van der Waals surface area contributed by atoms with Gasteiger partial charge in [0.1, 0.15) is 6.04 Å². The number of anilines is 1. The molecule has 2 aromatic rings. The maximum Gasteiger partial charge on any atom is 0.271 e. The van der Waals surface area contributed by atoms with Crippen LogP contribution in [0.5, 0.6) is 0 Å². The minimum absolute atomic E-state index is 0.0869. The zero-order valence-electron chi connectivity index (χ0n) is 17.9. The first-order valence-electron chi connectivity index (χ1n) is 10.3. The molecule has 3 rings (SSSR count). The molecule has 2 aromatic carbocycles. The molecule has 1 N–H and O–H groups in total. The summed E-state index contributed by atoms with van der Waals surface area (Å²) in [5.74, 6) is -0.451. The number of nitro benzene ring substituents is 1. The number of aryl methyl sites for hydroxylation is 2. The summed E-state index contributed by atoms with van der Waals surface area (Å²) in [5.41, 5.74) is 3.43. The lowest BCUT2D eigenvalue weighted by Crippen LogP contribution is -2.49. The molecule has 0 radical (unpaired) electrons. The Morgan fingerprint density at radius 1 is 1.19 bits per heavy atom. The molecule has 1 amide bonds. The number of hydrogen-bond acceptors (Lipinski definition) is 5. The minimum Gasteiger partial charge on any atom is -0.348 e. The van der Waals surface area contributed by atoms with Crippen LogP contribution in [0.3, 0.4) is 0 Å². The van der Waals surface area contributed by atoms with Crippen molar-refractivity contribution in [3.05, 3.63) is 69.3 Å². The normalized spacial score (nSPS) is 15.1. The molecule has 0 bridgehead atoms. The van der Waals surface area contributed by atoms with Crippen LogP contribution in [0.15, 0.2) is 42.5 Å². The van der Waals surface area contributed by atoms with Gasteiger partial charge in [0, 0.05) is 12.1 Å². The quantitative estimate of drug-likeness (QED) is 0.494. The number of carbonyl (C=O) groups is 1. The van der Waals surface area contributed by atoms with E-state index in [9.17, 15) is 23.3 Å². The van der Waals surface area contributed by atoms with Crippen molar-refractivity contribution in [3.8, 4) is 0 Å². The van der Waals surface area contributed by atoms with Gasteiger partial charge in [-0.05, 0) is 55.4 Å². The van der Waals surface area contributed by atoms with Crippen LogP contribution in [-0.4, -0.2) is 31.5 Å². The molecule has 0 saturated carbocycles. The second kappa shape index (κ2) is 9.05. The van der Waals surface area contributed by atoms with Gasteiger partial charge in [0.2, 0.25) is 15.9 Å². The number of nitro groups is 1. The smallest absolute Gasteiger partial charge is 0.271 e. The van der Waals surface area contributed by atoms with Gasteiger partial charge in [0.25, 0.3) is 5.69 Å². The lowest BCUT2D eigenvalue weighted by atomic mass is 10.0. The third kappa shape index (κ3) is 5.04. The SMILES string of the molecule is CC[C@H](C(=O)N[C@H](C)c1ccc2c(c1)CCC2)N(c1cccc([N+](=O)[O-])c1)S(C)(=O)=O. The molecule has 0 aromatic heterocycles.